The Morgan fingerprint density at radius 3 is 2.69 bits per heavy atom. The molecule has 4 nitrogen and oxygen atoms in total. The molecule has 4 heteroatoms. The first kappa shape index (κ1) is 11.6. The average Bonchev–Trinajstić information content (AvgIpc) is 2.80. The van der Waals surface area contributed by atoms with E-state index in [9.17, 15) is 0 Å². The van der Waals surface area contributed by atoms with Gasteiger partial charge in [-0.1, -0.05) is 0 Å². The van der Waals surface area contributed by atoms with Crippen molar-refractivity contribution in [2.45, 2.75) is 6.04 Å². The second-order valence-corrected chi connectivity index (χ2v) is 4.71. The van der Waals surface area contributed by atoms with Gasteiger partial charge in [0.05, 0.1) is 0 Å². The monoisotopic (exact) mass is 222 g/mol. The van der Waals surface area contributed by atoms with E-state index < -0.39 is 0 Å². The van der Waals surface area contributed by atoms with E-state index in [2.05, 4.69) is 46.5 Å². The molecule has 1 unspecified atom stereocenters. The van der Waals surface area contributed by atoms with Crippen molar-refractivity contribution >= 4 is 0 Å². The van der Waals surface area contributed by atoms with Crippen LogP contribution in [0.15, 0.2) is 18.5 Å². The van der Waals surface area contributed by atoms with E-state index in [0.29, 0.717) is 6.04 Å². The molecule has 2 N–H and O–H groups in total. The summed E-state index contributed by atoms with van der Waals surface area (Å²) in [6.45, 7) is 5.58. The van der Waals surface area contributed by atoms with E-state index >= 15 is 0 Å². The summed E-state index contributed by atoms with van der Waals surface area (Å²) in [7, 11) is 4.28. The standard InChI is InChI=1S/C12H22N4/c1-15(2)10-12(11-3-4-14-9-11)16-7-5-13-6-8-16/h3-4,9,12-14H,5-8,10H2,1-2H3. The number of nitrogens with zero attached hydrogens (tertiary/aromatic N) is 2. The van der Waals surface area contributed by atoms with Crippen LogP contribution in [0.4, 0.5) is 0 Å². The highest BCUT2D eigenvalue weighted by Crippen LogP contribution is 2.21. The number of aromatic amines is 1. The Morgan fingerprint density at radius 1 is 1.38 bits per heavy atom. The van der Waals surface area contributed by atoms with Crippen molar-refractivity contribution in [3.8, 4) is 0 Å². The molecule has 0 radical (unpaired) electrons. The Bertz CT molecular complexity index is 288. The average molecular weight is 222 g/mol. The molecule has 1 aliphatic heterocycles. The third-order valence-electron chi connectivity index (χ3n) is 3.14. The van der Waals surface area contributed by atoms with Gasteiger partial charge >= 0.3 is 0 Å². The number of aromatic nitrogens is 1. The molecule has 0 amide bonds. The van der Waals surface area contributed by atoms with Crippen molar-refractivity contribution < 1.29 is 0 Å². The first-order chi connectivity index (χ1) is 7.77. The van der Waals surface area contributed by atoms with Gasteiger partial charge in [0.2, 0.25) is 0 Å². The minimum atomic E-state index is 0.517. The van der Waals surface area contributed by atoms with Crippen LogP contribution in [0, 0.1) is 0 Å². The molecule has 0 bridgehead atoms. The van der Waals surface area contributed by atoms with Crippen molar-refractivity contribution in [3.63, 3.8) is 0 Å². The fourth-order valence-corrected chi connectivity index (χ4v) is 2.32. The molecule has 1 fully saturated rings. The quantitative estimate of drug-likeness (QED) is 0.779. The van der Waals surface area contributed by atoms with Gasteiger partial charge in [-0.25, -0.2) is 0 Å². The van der Waals surface area contributed by atoms with Crippen LogP contribution in [0.1, 0.15) is 11.6 Å². The van der Waals surface area contributed by atoms with Gasteiger partial charge in [-0.3, -0.25) is 4.90 Å². The number of hydrogen-bond donors (Lipinski definition) is 2. The second-order valence-electron chi connectivity index (χ2n) is 4.71. The summed E-state index contributed by atoms with van der Waals surface area (Å²) >= 11 is 0. The van der Waals surface area contributed by atoms with Gasteiger partial charge in [0.15, 0.2) is 0 Å². The van der Waals surface area contributed by atoms with Crippen LogP contribution in [0.2, 0.25) is 0 Å². The third-order valence-corrected chi connectivity index (χ3v) is 3.14. The molecule has 0 saturated carbocycles. The lowest BCUT2D eigenvalue weighted by Gasteiger charge is -2.36. The van der Waals surface area contributed by atoms with Crippen LogP contribution >= 0.6 is 0 Å². The summed E-state index contributed by atoms with van der Waals surface area (Å²) in [6, 6.07) is 2.71. The molecule has 0 spiro atoms. The predicted octanol–water partition coefficient (Wildman–Crippen LogP) is 0.523. The highest BCUT2D eigenvalue weighted by atomic mass is 15.2. The zero-order chi connectivity index (χ0) is 11.4. The molecule has 1 saturated heterocycles. The van der Waals surface area contributed by atoms with Gasteiger partial charge in [-0.05, 0) is 25.7 Å². The summed E-state index contributed by atoms with van der Waals surface area (Å²) in [5, 5.41) is 3.41. The number of H-pyrrole nitrogens is 1. The first-order valence-electron chi connectivity index (χ1n) is 5.99. The first-order valence-corrected chi connectivity index (χ1v) is 5.99. The summed E-state index contributed by atoms with van der Waals surface area (Å²) < 4.78 is 0. The zero-order valence-corrected chi connectivity index (χ0v) is 10.2. The van der Waals surface area contributed by atoms with E-state index in [1.54, 1.807) is 0 Å². The maximum Gasteiger partial charge on any atom is 0.0490 e. The Kier molecular flexibility index (Phi) is 3.98. The summed E-state index contributed by atoms with van der Waals surface area (Å²) in [6.07, 6.45) is 4.14. The highest BCUT2D eigenvalue weighted by Gasteiger charge is 2.22. The Labute approximate surface area is 97.6 Å². The molecule has 0 aliphatic carbocycles. The summed E-state index contributed by atoms with van der Waals surface area (Å²) in [5.74, 6) is 0. The fourth-order valence-electron chi connectivity index (χ4n) is 2.32. The lowest BCUT2D eigenvalue weighted by Crippen LogP contribution is -2.47. The topological polar surface area (TPSA) is 34.3 Å². The number of rotatable bonds is 4. The third kappa shape index (κ3) is 2.84. The van der Waals surface area contributed by atoms with Crippen LogP contribution < -0.4 is 5.32 Å². The zero-order valence-electron chi connectivity index (χ0n) is 10.2. The largest absolute Gasteiger partial charge is 0.367 e. The van der Waals surface area contributed by atoms with Crippen molar-refractivity contribution in [2.75, 3.05) is 46.8 Å². The molecule has 2 heterocycles. The number of piperazine rings is 1. The molecule has 1 aromatic heterocycles. The van der Waals surface area contributed by atoms with E-state index in [4.69, 9.17) is 0 Å². The summed E-state index contributed by atoms with van der Waals surface area (Å²) in [5.41, 5.74) is 1.40. The Morgan fingerprint density at radius 2 is 2.12 bits per heavy atom. The molecule has 0 aromatic carbocycles. The minimum absolute atomic E-state index is 0.517. The maximum atomic E-state index is 3.41. The van der Waals surface area contributed by atoms with Crippen LogP contribution in [0.3, 0.4) is 0 Å². The smallest absolute Gasteiger partial charge is 0.0490 e. The van der Waals surface area contributed by atoms with E-state index in [1.807, 2.05) is 6.20 Å². The maximum absolute atomic E-state index is 3.41. The summed E-state index contributed by atoms with van der Waals surface area (Å²) in [4.78, 5) is 7.99. The van der Waals surface area contributed by atoms with Gasteiger partial charge in [-0.15, -0.1) is 0 Å². The predicted molar refractivity (Wildman–Crippen MR) is 66.5 cm³/mol. The van der Waals surface area contributed by atoms with Gasteiger partial charge < -0.3 is 15.2 Å². The second kappa shape index (κ2) is 5.48. The molecule has 1 aliphatic rings. The Hall–Kier alpha value is -0.840. The van der Waals surface area contributed by atoms with Crippen molar-refractivity contribution in [2.24, 2.45) is 0 Å². The van der Waals surface area contributed by atoms with E-state index in [1.165, 1.54) is 5.56 Å². The van der Waals surface area contributed by atoms with Gasteiger partial charge in [0.25, 0.3) is 0 Å². The highest BCUT2D eigenvalue weighted by molar-refractivity contribution is 5.15. The molecular formula is C12H22N4. The molecule has 1 atom stereocenters. The number of likely N-dealkylation sites (N-methyl/N-ethyl adjacent to an activating group) is 1. The Balaban J connectivity index is 2.07. The molecular weight excluding hydrogens is 200 g/mol. The molecule has 90 valence electrons. The number of hydrogen-bond acceptors (Lipinski definition) is 3. The SMILES string of the molecule is CN(C)CC(c1cc[nH]c1)N1CCNCC1. The van der Waals surface area contributed by atoms with Crippen LogP contribution in [-0.4, -0.2) is 61.6 Å². The molecule has 1 aromatic rings. The minimum Gasteiger partial charge on any atom is -0.367 e. The molecule has 2 rings (SSSR count). The van der Waals surface area contributed by atoms with E-state index in [0.717, 1.165) is 32.7 Å². The van der Waals surface area contributed by atoms with Crippen LogP contribution in [-0.2, 0) is 0 Å². The van der Waals surface area contributed by atoms with Crippen molar-refractivity contribution in [1.29, 1.82) is 0 Å². The van der Waals surface area contributed by atoms with Gasteiger partial charge in [0.1, 0.15) is 0 Å². The van der Waals surface area contributed by atoms with Crippen molar-refractivity contribution in [3.05, 3.63) is 24.0 Å². The lowest BCUT2D eigenvalue weighted by molar-refractivity contribution is 0.145. The fraction of sp³-hybridized carbons (Fsp3) is 0.667. The van der Waals surface area contributed by atoms with Crippen molar-refractivity contribution in [1.82, 2.24) is 20.1 Å². The van der Waals surface area contributed by atoms with Crippen LogP contribution in [0.5, 0.6) is 0 Å². The normalized spacial score (nSPS) is 20.2. The molecule has 16 heavy (non-hydrogen) atoms. The van der Waals surface area contributed by atoms with E-state index in [-0.39, 0.29) is 0 Å². The lowest BCUT2D eigenvalue weighted by atomic mass is 10.1. The number of nitrogens with one attached hydrogen (secondary N) is 2. The van der Waals surface area contributed by atoms with Gasteiger partial charge in [0, 0.05) is 51.2 Å². The van der Waals surface area contributed by atoms with Crippen LogP contribution in [0.25, 0.3) is 0 Å². The van der Waals surface area contributed by atoms with Gasteiger partial charge in [-0.2, -0.15) is 0 Å².